The van der Waals surface area contributed by atoms with E-state index in [-0.39, 0.29) is 11.6 Å². The molecule has 0 saturated heterocycles. The van der Waals surface area contributed by atoms with Crippen LogP contribution in [-0.2, 0) is 0 Å². The Bertz CT molecular complexity index is 492. The van der Waals surface area contributed by atoms with Crippen LogP contribution in [0.25, 0.3) is 11.1 Å². The van der Waals surface area contributed by atoms with Crippen molar-refractivity contribution in [2.24, 2.45) is 0 Å². The van der Waals surface area contributed by atoms with Gasteiger partial charge >= 0.3 is 0 Å². The van der Waals surface area contributed by atoms with Crippen LogP contribution in [0, 0.1) is 11.6 Å². The third kappa shape index (κ3) is 3.29. The van der Waals surface area contributed by atoms with Gasteiger partial charge < -0.3 is 4.74 Å². The molecule has 0 saturated carbocycles. The second-order valence-electron chi connectivity index (χ2n) is 3.36. The molecule has 0 aliphatic heterocycles. The number of hydrogen-bond acceptors (Lipinski definition) is 1. The summed E-state index contributed by atoms with van der Waals surface area (Å²) in [6.45, 7) is 4.00. The van der Waals surface area contributed by atoms with Gasteiger partial charge in [0.15, 0.2) is 11.6 Å². The fourth-order valence-electron chi connectivity index (χ4n) is 1.49. The number of rotatable bonds is 2. The number of benzene rings is 2. The standard InChI is InChI=1S/C13H10F2O.C2H6/c1-16-13-7-4-10(8-12(13)15)9-2-5-11(14)6-3-9;1-2/h2-8H,1H3;1-2H3. The van der Waals surface area contributed by atoms with Gasteiger partial charge in [-0.05, 0) is 35.4 Å². The maximum Gasteiger partial charge on any atom is 0.165 e. The lowest BCUT2D eigenvalue weighted by molar-refractivity contribution is 0.386. The predicted molar refractivity (Wildman–Crippen MR) is 69.7 cm³/mol. The summed E-state index contributed by atoms with van der Waals surface area (Å²) in [5.74, 6) is -0.534. The Morgan fingerprint density at radius 3 is 1.89 bits per heavy atom. The Balaban J connectivity index is 0.000000771. The molecule has 1 nitrogen and oxygen atoms in total. The molecular weight excluding hydrogens is 234 g/mol. The second-order valence-corrected chi connectivity index (χ2v) is 3.36. The van der Waals surface area contributed by atoms with E-state index in [9.17, 15) is 8.78 Å². The topological polar surface area (TPSA) is 9.23 Å². The molecule has 96 valence electrons. The monoisotopic (exact) mass is 250 g/mol. The molecule has 0 radical (unpaired) electrons. The molecule has 2 aromatic rings. The van der Waals surface area contributed by atoms with Gasteiger partial charge in [0, 0.05) is 0 Å². The first kappa shape index (κ1) is 14.2. The maximum atomic E-state index is 13.4. The van der Waals surface area contributed by atoms with E-state index in [4.69, 9.17) is 4.74 Å². The summed E-state index contributed by atoms with van der Waals surface area (Å²) in [6.07, 6.45) is 0. The minimum absolute atomic E-state index is 0.200. The zero-order chi connectivity index (χ0) is 13.5. The lowest BCUT2D eigenvalue weighted by atomic mass is 10.1. The van der Waals surface area contributed by atoms with Crippen molar-refractivity contribution in [3.05, 3.63) is 54.1 Å². The SMILES string of the molecule is CC.COc1ccc(-c2ccc(F)cc2)cc1F. The van der Waals surface area contributed by atoms with Crippen molar-refractivity contribution in [1.29, 1.82) is 0 Å². The molecule has 3 heteroatoms. The number of hydrogen-bond donors (Lipinski definition) is 0. The molecule has 0 amide bonds. The summed E-state index contributed by atoms with van der Waals surface area (Å²) in [7, 11) is 1.41. The van der Waals surface area contributed by atoms with E-state index in [1.165, 1.54) is 25.3 Å². The van der Waals surface area contributed by atoms with E-state index < -0.39 is 5.82 Å². The lowest BCUT2D eigenvalue weighted by Crippen LogP contribution is -1.88. The van der Waals surface area contributed by atoms with Crippen LogP contribution < -0.4 is 4.74 Å². The van der Waals surface area contributed by atoms with Crippen LogP contribution in [0.4, 0.5) is 8.78 Å². The van der Waals surface area contributed by atoms with Crippen LogP contribution >= 0.6 is 0 Å². The van der Waals surface area contributed by atoms with E-state index in [1.54, 1.807) is 24.3 Å². The Kier molecular flexibility index (Phi) is 5.31. The van der Waals surface area contributed by atoms with Crippen LogP contribution in [0.1, 0.15) is 13.8 Å². The second kappa shape index (κ2) is 6.74. The number of halogens is 2. The Morgan fingerprint density at radius 2 is 1.39 bits per heavy atom. The number of ether oxygens (including phenoxy) is 1. The molecule has 18 heavy (non-hydrogen) atoms. The van der Waals surface area contributed by atoms with E-state index in [1.807, 2.05) is 13.8 Å². The smallest absolute Gasteiger partial charge is 0.165 e. The van der Waals surface area contributed by atoms with Crippen LogP contribution in [0.5, 0.6) is 5.75 Å². The van der Waals surface area contributed by atoms with E-state index in [2.05, 4.69) is 0 Å². The number of methoxy groups -OCH3 is 1. The van der Waals surface area contributed by atoms with E-state index in [0.717, 1.165) is 5.56 Å². The molecule has 2 aromatic carbocycles. The molecule has 0 aliphatic carbocycles. The van der Waals surface area contributed by atoms with Crippen LogP contribution in [0.2, 0.25) is 0 Å². The summed E-state index contributed by atoms with van der Waals surface area (Å²) in [6, 6.07) is 10.6. The zero-order valence-electron chi connectivity index (χ0n) is 10.7. The molecule has 0 bridgehead atoms. The van der Waals surface area contributed by atoms with Crippen LogP contribution in [0.3, 0.4) is 0 Å². The van der Waals surface area contributed by atoms with Gasteiger partial charge in [0.05, 0.1) is 7.11 Å². The van der Waals surface area contributed by atoms with Crippen molar-refractivity contribution >= 4 is 0 Å². The minimum atomic E-state index is -0.427. The highest BCUT2D eigenvalue weighted by Gasteiger charge is 2.04. The van der Waals surface area contributed by atoms with E-state index >= 15 is 0 Å². The van der Waals surface area contributed by atoms with Gasteiger partial charge in [0.2, 0.25) is 0 Å². The van der Waals surface area contributed by atoms with E-state index in [0.29, 0.717) is 5.56 Å². The quantitative estimate of drug-likeness (QED) is 0.752. The summed E-state index contributed by atoms with van der Waals surface area (Å²) in [4.78, 5) is 0. The van der Waals surface area contributed by atoms with Crippen molar-refractivity contribution in [2.45, 2.75) is 13.8 Å². The summed E-state index contributed by atoms with van der Waals surface area (Å²) < 4.78 is 30.9. The zero-order valence-corrected chi connectivity index (χ0v) is 10.7. The highest BCUT2D eigenvalue weighted by molar-refractivity contribution is 5.64. The van der Waals surface area contributed by atoms with Gasteiger partial charge in [-0.25, -0.2) is 8.78 Å². The maximum absolute atomic E-state index is 13.4. The molecule has 0 aromatic heterocycles. The highest BCUT2D eigenvalue weighted by atomic mass is 19.1. The van der Waals surface area contributed by atoms with Crippen molar-refractivity contribution < 1.29 is 13.5 Å². The first-order valence-electron chi connectivity index (χ1n) is 5.80. The van der Waals surface area contributed by atoms with Crippen molar-refractivity contribution in [2.75, 3.05) is 7.11 Å². The average Bonchev–Trinajstić information content (AvgIpc) is 2.42. The molecule has 0 spiro atoms. The largest absolute Gasteiger partial charge is 0.494 e. The first-order chi connectivity index (χ1) is 8.70. The minimum Gasteiger partial charge on any atom is -0.494 e. The third-order valence-corrected chi connectivity index (χ3v) is 2.33. The Labute approximate surface area is 106 Å². The normalized spacial score (nSPS) is 9.39. The Hall–Kier alpha value is -1.90. The summed E-state index contributed by atoms with van der Waals surface area (Å²) in [5, 5.41) is 0. The van der Waals surface area contributed by atoms with Crippen molar-refractivity contribution in [1.82, 2.24) is 0 Å². The predicted octanol–water partition coefficient (Wildman–Crippen LogP) is 4.67. The molecule has 0 fully saturated rings. The highest BCUT2D eigenvalue weighted by Crippen LogP contribution is 2.25. The van der Waals surface area contributed by atoms with Gasteiger partial charge in [0.25, 0.3) is 0 Å². The van der Waals surface area contributed by atoms with Gasteiger partial charge in [0.1, 0.15) is 5.82 Å². The molecule has 2 rings (SSSR count). The van der Waals surface area contributed by atoms with Crippen LogP contribution in [0.15, 0.2) is 42.5 Å². The molecule has 0 heterocycles. The molecule has 0 aliphatic rings. The van der Waals surface area contributed by atoms with Crippen LogP contribution in [-0.4, -0.2) is 7.11 Å². The third-order valence-electron chi connectivity index (χ3n) is 2.33. The fraction of sp³-hybridized carbons (Fsp3) is 0.200. The molecular formula is C15H16F2O. The van der Waals surface area contributed by atoms with Gasteiger partial charge in [-0.3, -0.25) is 0 Å². The van der Waals surface area contributed by atoms with Gasteiger partial charge in [-0.2, -0.15) is 0 Å². The van der Waals surface area contributed by atoms with Gasteiger partial charge in [-0.1, -0.05) is 32.0 Å². The molecule has 0 atom stereocenters. The van der Waals surface area contributed by atoms with Gasteiger partial charge in [-0.15, -0.1) is 0 Å². The summed E-state index contributed by atoms with van der Waals surface area (Å²) in [5.41, 5.74) is 1.46. The first-order valence-corrected chi connectivity index (χ1v) is 5.80. The fourth-order valence-corrected chi connectivity index (χ4v) is 1.49. The van der Waals surface area contributed by atoms with Crippen molar-refractivity contribution in [3.63, 3.8) is 0 Å². The van der Waals surface area contributed by atoms with Crippen molar-refractivity contribution in [3.8, 4) is 16.9 Å². The lowest BCUT2D eigenvalue weighted by Gasteiger charge is -2.05. The molecule has 0 N–H and O–H groups in total. The summed E-state index contributed by atoms with van der Waals surface area (Å²) >= 11 is 0. The molecule has 0 unspecified atom stereocenters. The Morgan fingerprint density at radius 1 is 0.833 bits per heavy atom. The average molecular weight is 250 g/mol.